The van der Waals surface area contributed by atoms with E-state index in [9.17, 15) is 0 Å². The van der Waals surface area contributed by atoms with E-state index in [0.29, 0.717) is 0 Å². The zero-order valence-electron chi connectivity index (χ0n) is 5.82. The first kappa shape index (κ1) is 17.8. The van der Waals surface area contributed by atoms with Crippen molar-refractivity contribution in [2.24, 2.45) is 0 Å². The molecule has 11 heavy (non-hydrogen) atoms. The van der Waals surface area contributed by atoms with Gasteiger partial charge in [-0.3, -0.25) is 0 Å². The molecule has 0 fully saturated rings. The van der Waals surface area contributed by atoms with Crippen LogP contribution in [-0.2, 0) is 4.44 Å². The van der Waals surface area contributed by atoms with Gasteiger partial charge in [-0.1, -0.05) is 0 Å². The summed E-state index contributed by atoms with van der Waals surface area (Å²) in [5.74, 6) is 0. The molecule has 0 saturated carbocycles. The number of benzene rings is 1. The molecule has 1 aromatic rings. The van der Waals surface area contributed by atoms with Crippen LogP contribution in [0.15, 0.2) is 30.3 Å². The minimum atomic E-state index is 0. The second kappa shape index (κ2) is 10.9. The Labute approximate surface area is 99.5 Å². The van der Waals surface area contributed by atoms with Crippen molar-refractivity contribution in [3.8, 4) is 0 Å². The summed E-state index contributed by atoms with van der Waals surface area (Å²) < 4.78 is 1.23. The van der Waals surface area contributed by atoms with Crippen LogP contribution in [0.25, 0.3) is 0 Å². The van der Waals surface area contributed by atoms with Crippen LogP contribution in [0.5, 0.6) is 0 Å². The van der Waals surface area contributed by atoms with Crippen molar-refractivity contribution >= 4 is 59.7 Å². The molecule has 0 spiro atoms. The van der Waals surface area contributed by atoms with Gasteiger partial charge in [0.2, 0.25) is 0 Å². The second-order valence-electron chi connectivity index (χ2n) is 1.66. The number of hydrogen-bond acceptors (Lipinski definition) is 0. The zero-order chi connectivity index (χ0) is 5.82. The maximum absolute atomic E-state index is 2.16. The van der Waals surface area contributed by atoms with Gasteiger partial charge in [0.05, 0.1) is 0 Å². The first-order valence-electron chi connectivity index (χ1n) is 2.62. The van der Waals surface area contributed by atoms with Gasteiger partial charge in [0.1, 0.15) is 0 Å². The van der Waals surface area contributed by atoms with Gasteiger partial charge in [0.25, 0.3) is 0 Å². The quantitative estimate of drug-likeness (QED) is 0.698. The van der Waals surface area contributed by atoms with Crippen LogP contribution in [0.3, 0.4) is 0 Å². The Morgan fingerprint density at radius 3 is 1.64 bits per heavy atom. The molecule has 0 bridgehead atoms. The molecule has 0 aliphatic carbocycles. The molecule has 0 saturated heterocycles. The average Bonchev–Trinajstić information content (AvgIpc) is 1.90. The zero-order valence-corrected chi connectivity index (χ0v) is 11.1. The molecular formula is C7H10Cl3Sn. The number of hydrogen-bond donors (Lipinski definition) is 0. The van der Waals surface area contributed by atoms with Crippen molar-refractivity contribution in [3.05, 3.63) is 35.9 Å². The van der Waals surface area contributed by atoms with Crippen molar-refractivity contribution in [2.45, 2.75) is 4.44 Å². The Bertz CT molecular complexity index is 155. The molecular weight excluding hydrogens is 309 g/mol. The fraction of sp³-hybridized carbons (Fsp3) is 0.143. The molecule has 0 heterocycles. The van der Waals surface area contributed by atoms with Gasteiger partial charge >= 0.3 is 62.9 Å². The van der Waals surface area contributed by atoms with Crippen LogP contribution in [0.2, 0.25) is 0 Å². The van der Waals surface area contributed by atoms with Gasteiger partial charge in [-0.05, 0) is 0 Å². The third kappa shape index (κ3) is 7.26. The Balaban J connectivity index is -0.000000213. The molecule has 0 aromatic heterocycles. The number of rotatable bonds is 1. The summed E-state index contributed by atoms with van der Waals surface area (Å²) in [4.78, 5) is 0. The van der Waals surface area contributed by atoms with Crippen molar-refractivity contribution < 1.29 is 0 Å². The third-order valence-electron chi connectivity index (χ3n) is 1.05. The summed E-state index contributed by atoms with van der Waals surface area (Å²) in [5, 5.41) is 0. The monoisotopic (exact) mass is 319 g/mol. The van der Waals surface area contributed by atoms with E-state index in [1.165, 1.54) is 10.0 Å². The summed E-state index contributed by atoms with van der Waals surface area (Å²) in [5.41, 5.74) is 1.45. The van der Waals surface area contributed by atoms with Crippen LogP contribution < -0.4 is 0 Å². The normalized spacial score (nSPS) is 6.64. The summed E-state index contributed by atoms with van der Waals surface area (Å²) in [6.45, 7) is 0. The van der Waals surface area contributed by atoms with Gasteiger partial charge in [0.15, 0.2) is 0 Å². The standard InChI is InChI=1S/C7H7.3ClH.Sn/c1-7-5-3-2-4-6-7;;;;/h2-6H,1H2;3*1H;. The SMILES string of the molecule is Cl.Cl.Cl.[Sn][CH2]c1ccccc1. The molecule has 3 radical (unpaired) electrons. The topological polar surface area (TPSA) is 0 Å². The van der Waals surface area contributed by atoms with E-state index in [0.717, 1.165) is 0 Å². The first-order chi connectivity index (χ1) is 3.93. The third-order valence-corrected chi connectivity index (χ3v) is 2.21. The molecule has 1 aromatic carbocycles. The molecule has 0 nitrogen and oxygen atoms in total. The molecule has 0 amide bonds. The number of halogens is 3. The van der Waals surface area contributed by atoms with Crippen molar-refractivity contribution in [1.82, 2.24) is 0 Å². The Morgan fingerprint density at radius 1 is 0.909 bits per heavy atom. The fourth-order valence-corrected chi connectivity index (χ4v) is 1.27. The van der Waals surface area contributed by atoms with Gasteiger partial charge in [0, 0.05) is 0 Å². The van der Waals surface area contributed by atoms with E-state index in [1.54, 1.807) is 22.5 Å². The molecule has 0 atom stereocenters. The minimum absolute atomic E-state index is 0. The predicted molar refractivity (Wildman–Crippen MR) is 57.6 cm³/mol. The van der Waals surface area contributed by atoms with Crippen LogP contribution in [-0.4, -0.2) is 22.5 Å². The van der Waals surface area contributed by atoms with E-state index in [1.807, 2.05) is 0 Å². The van der Waals surface area contributed by atoms with Crippen LogP contribution in [0, 0.1) is 0 Å². The van der Waals surface area contributed by atoms with Crippen LogP contribution in [0.4, 0.5) is 0 Å². The molecule has 0 aliphatic rings. The van der Waals surface area contributed by atoms with E-state index in [2.05, 4.69) is 30.3 Å². The van der Waals surface area contributed by atoms with Crippen molar-refractivity contribution in [1.29, 1.82) is 0 Å². The maximum atomic E-state index is 2.16. The molecule has 4 heteroatoms. The van der Waals surface area contributed by atoms with Crippen molar-refractivity contribution in [2.75, 3.05) is 0 Å². The van der Waals surface area contributed by atoms with Gasteiger partial charge in [-0.25, -0.2) is 0 Å². The van der Waals surface area contributed by atoms with Gasteiger partial charge < -0.3 is 0 Å². The summed E-state index contributed by atoms with van der Waals surface area (Å²) in [7, 11) is 0. The van der Waals surface area contributed by atoms with E-state index >= 15 is 0 Å². The molecule has 1 rings (SSSR count). The Morgan fingerprint density at radius 2 is 1.36 bits per heavy atom. The summed E-state index contributed by atoms with van der Waals surface area (Å²) in [6, 6.07) is 10.5. The predicted octanol–water partition coefficient (Wildman–Crippen LogP) is 2.62. The first-order valence-corrected chi connectivity index (χ1v) is 4.64. The van der Waals surface area contributed by atoms with Crippen LogP contribution in [0.1, 0.15) is 5.56 Å². The molecule has 0 aliphatic heterocycles. The second-order valence-corrected chi connectivity index (χ2v) is 2.67. The van der Waals surface area contributed by atoms with Crippen LogP contribution >= 0.6 is 37.2 Å². The molecule has 0 unspecified atom stereocenters. The molecule has 0 N–H and O–H groups in total. The Kier molecular flexibility index (Phi) is 17.7. The summed E-state index contributed by atoms with van der Waals surface area (Å²) in [6.07, 6.45) is 0. The van der Waals surface area contributed by atoms with Gasteiger partial charge in [-0.2, -0.15) is 0 Å². The summed E-state index contributed by atoms with van der Waals surface area (Å²) >= 11 is 1.59. The van der Waals surface area contributed by atoms with E-state index in [-0.39, 0.29) is 37.2 Å². The van der Waals surface area contributed by atoms with Crippen molar-refractivity contribution in [3.63, 3.8) is 0 Å². The van der Waals surface area contributed by atoms with Gasteiger partial charge in [-0.15, -0.1) is 37.2 Å². The molecule has 63 valence electrons. The average molecular weight is 319 g/mol. The fourth-order valence-electron chi connectivity index (χ4n) is 0.596. The Hall–Kier alpha value is 0.889. The van der Waals surface area contributed by atoms with E-state index in [4.69, 9.17) is 0 Å². The van der Waals surface area contributed by atoms with E-state index < -0.39 is 0 Å².